The quantitative estimate of drug-likeness (QED) is 0.436. The Morgan fingerprint density at radius 2 is 1.71 bits per heavy atom. The van der Waals surface area contributed by atoms with Crippen molar-refractivity contribution in [3.8, 4) is 0 Å². The van der Waals surface area contributed by atoms with Crippen molar-refractivity contribution in [1.82, 2.24) is 0 Å². The SMILES string of the molecule is CC[C@H](C)[C@H](N)C(=O)O.N[C@@H](CCS)C(=O)O. The molecule has 0 bridgehead atoms. The molecule has 3 atom stereocenters. The molecule has 102 valence electrons. The second-order valence-electron chi connectivity index (χ2n) is 3.71. The Morgan fingerprint density at radius 1 is 1.24 bits per heavy atom. The zero-order valence-corrected chi connectivity index (χ0v) is 11.1. The van der Waals surface area contributed by atoms with Gasteiger partial charge in [0.25, 0.3) is 0 Å². The van der Waals surface area contributed by atoms with E-state index in [9.17, 15) is 9.59 Å². The molecule has 0 radical (unpaired) electrons. The molecule has 0 fully saturated rings. The summed E-state index contributed by atoms with van der Waals surface area (Å²) >= 11 is 3.81. The highest BCUT2D eigenvalue weighted by Crippen LogP contribution is 2.04. The maximum Gasteiger partial charge on any atom is 0.320 e. The van der Waals surface area contributed by atoms with E-state index < -0.39 is 24.0 Å². The van der Waals surface area contributed by atoms with Crippen LogP contribution in [-0.4, -0.2) is 40.0 Å². The Balaban J connectivity index is 0. The predicted molar refractivity (Wildman–Crippen MR) is 69.1 cm³/mol. The van der Waals surface area contributed by atoms with E-state index in [0.29, 0.717) is 12.2 Å². The summed E-state index contributed by atoms with van der Waals surface area (Å²) in [6.45, 7) is 3.76. The van der Waals surface area contributed by atoms with E-state index in [2.05, 4.69) is 12.6 Å². The van der Waals surface area contributed by atoms with Crippen molar-refractivity contribution >= 4 is 24.6 Å². The summed E-state index contributed by atoms with van der Waals surface area (Å²) in [7, 11) is 0. The minimum atomic E-state index is -0.959. The van der Waals surface area contributed by atoms with Crippen molar-refractivity contribution in [1.29, 1.82) is 0 Å². The van der Waals surface area contributed by atoms with E-state index in [4.69, 9.17) is 21.7 Å². The Labute approximate surface area is 107 Å². The molecule has 0 spiro atoms. The summed E-state index contributed by atoms with van der Waals surface area (Å²) in [4.78, 5) is 20.1. The van der Waals surface area contributed by atoms with Crippen molar-refractivity contribution < 1.29 is 19.8 Å². The summed E-state index contributed by atoms with van der Waals surface area (Å²) in [5.74, 6) is -1.28. The molecule has 0 unspecified atom stereocenters. The number of carboxylic acids is 2. The van der Waals surface area contributed by atoms with Crippen LogP contribution in [0, 0.1) is 5.92 Å². The molecule has 0 rings (SSSR count). The number of carboxylic acid groups (broad SMARTS) is 2. The topological polar surface area (TPSA) is 127 Å². The number of thiol groups is 1. The summed E-state index contributed by atoms with van der Waals surface area (Å²) in [6, 6.07) is -1.44. The van der Waals surface area contributed by atoms with E-state index in [1.54, 1.807) is 0 Å². The lowest BCUT2D eigenvalue weighted by Gasteiger charge is -2.11. The largest absolute Gasteiger partial charge is 0.480 e. The molecule has 0 amide bonds. The van der Waals surface area contributed by atoms with Gasteiger partial charge in [-0.1, -0.05) is 20.3 Å². The van der Waals surface area contributed by atoms with Gasteiger partial charge in [-0.25, -0.2) is 0 Å². The molecule has 0 heterocycles. The van der Waals surface area contributed by atoms with Crippen LogP contribution < -0.4 is 11.5 Å². The third-order valence-corrected chi connectivity index (χ3v) is 2.56. The van der Waals surface area contributed by atoms with Crippen LogP contribution in [0.25, 0.3) is 0 Å². The lowest BCUT2D eigenvalue weighted by Crippen LogP contribution is -2.36. The number of carbonyl (C=O) groups is 2. The second-order valence-corrected chi connectivity index (χ2v) is 4.15. The maximum atomic E-state index is 10.2. The minimum absolute atomic E-state index is 0.0718. The van der Waals surface area contributed by atoms with Crippen LogP contribution in [0.1, 0.15) is 26.7 Å². The molecule has 17 heavy (non-hydrogen) atoms. The van der Waals surface area contributed by atoms with Gasteiger partial charge in [0.2, 0.25) is 0 Å². The van der Waals surface area contributed by atoms with E-state index >= 15 is 0 Å². The second kappa shape index (κ2) is 10.4. The Kier molecular flexibility index (Phi) is 11.3. The van der Waals surface area contributed by atoms with Crippen molar-refractivity contribution in [2.45, 2.75) is 38.8 Å². The van der Waals surface area contributed by atoms with Crippen molar-refractivity contribution in [2.75, 3.05) is 5.75 Å². The first-order valence-corrected chi connectivity index (χ1v) is 5.98. The Hall–Kier alpha value is -0.790. The Morgan fingerprint density at radius 3 is 1.82 bits per heavy atom. The fourth-order valence-electron chi connectivity index (χ4n) is 0.760. The fraction of sp³-hybridized carbons (Fsp3) is 0.800. The first kappa shape index (κ1) is 18.6. The normalized spacial score (nSPS) is 15.1. The minimum Gasteiger partial charge on any atom is -0.480 e. The number of hydrogen-bond donors (Lipinski definition) is 5. The maximum absolute atomic E-state index is 10.2. The average Bonchev–Trinajstić information content (AvgIpc) is 2.27. The number of nitrogens with two attached hydrogens (primary N) is 2. The smallest absolute Gasteiger partial charge is 0.320 e. The third kappa shape index (κ3) is 10.1. The molecule has 0 saturated heterocycles. The van der Waals surface area contributed by atoms with Crippen LogP contribution in [0.15, 0.2) is 0 Å². The van der Waals surface area contributed by atoms with E-state index in [0.717, 1.165) is 6.42 Å². The molecule has 0 aliphatic rings. The van der Waals surface area contributed by atoms with E-state index in [1.165, 1.54) is 0 Å². The molecule has 0 aromatic carbocycles. The van der Waals surface area contributed by atoms with Crippen LogP contribution in [-0.2, 0) is 9.59 Å². The van der Waals surface area contributed by atoms with E-state index in [-0.39, 0.29) is 5.92 Å². The Bertz CT molecular complexity index is 238. The molecule has 0 saturated carbocycles. The lowest BCUT2D eigenvalue weighted by molar-refractivity contribution is -0.140. The van der Waals surface area contributed by atoms with Gasteiger partial charge in [-0.05, 0) is 18.1 Å². The molecule has 0 aromatic rings. The number of aliphatic carboxylic acids is 2. The monoisotopic (exact) mass is 266 g/mol. The predicted octanol–water partition coefficient (Wildman–Crippen LogP) is 0.163. The highest BCUT2D eigenvalue weighted by molar-refractivity contribution is 7.80. The van der Waals surface area contributed by atoms with Crippen LogP contribution in [0.3, 0.4) is 0 Å². The zero-order chi connectivity index (χ0) is 14.0. The van der Waals surface area contributed by atoms with Crippen molar-refractivity contribution in [3.63, 3.8) is 0 Å². The number of rotatable bonds is 6. The van der Waals surface area contributed by atoms with Crippen molar-refractivity contribution in [2.24, 2.45) is 17.4 Å². The summed E-state index contributed by atoms with van der Waals surface area (Å²) in [5, 5.41) is 16.5. The van der Waals surface area contributed by atoms with Gasteiger partial charge in [0, 0.05) is 0 Å². The lowest BCUT2D eigenvalue weighted by atomic mass is 10.0. The van der Waals surface area contributed by atoms with Gasteiger partial charge in [-0.15, -0.1) is 0 Å². The zero-order valence-electron chi connectivity index (χ0n) is 10.2. The molecule has 0 aliphatic carbocycles. The highest BCUT2D eigenvalue weighted by atomic mass is 32.1. The summed E-state index contributed by atoms with van der Waals surface area (Å²) < 4.78 is 0. The van der Waals surface area contributed by atoms with Gasteiger partial charge in [0.15, 0.2) is 0 Å². The molecule has 6 N–H and O–H groups in total. The molecular formula is C10H22N2O4S. The van der Waals surface area contributed by atoms with Gasteiger partial charge in [0.05, 0.1) is 0 Å². The van der Waals surface area contributed by atoms with Crippen molar-refractivity contribution in [3.05, 3.63) is 0 Å². The first-order chi connectivity index (χ1) is 7.77. The van der Waals surface area contributed by atoms with Gasteiger partial charge in [-0.2, -0.15) is 12.6 Å². The molecule has 0 aromatic heterocycles. The van der Waals surface area contributed by atoms with Gasteiger partial charge in [0.1, 0.15) is 12.1 Å². The number of hydrogen-bond acceptors (Lipinski definition) is 5. The first-order valence-electron chi connectivity index (χ1n) is 5.35. The van der Waals surface area contributed by atoms with Gasteiger partial charge >= 0.3 is 11.9 Å². The summed E-state index contributed by atoms with van der Waals surface area (Å²) in [5.41, 5.74) is 10.3. The standard InChI is InChI=1S/C6H13NO2.C4H9NO2S/c1-3-4(2)5(7)6(8)9;5-3(1-2-8)4(6)7/h4-5H,3,7H2,1-2H3,(H,8,9);3,8H,1-2,5H2,(H,6,7)/t4-,5-;3-/m00/s1. The average molecular weight is 266 g/mol. The third-order valence-electron chi connectivity index (χ3n) is 2.30. The highest BCUT2D eigenvalue weighted by Gasteiger charge is 2.17. The van der Waals surface area contributed by atoms with Crippen LogP contribution in [0.2, 0.25) is 0 Å². The fourth-order valence-corrected chi connectivity index (χ4v) is 1.04. The van der Waals surface area contributed by atoms with Crippen LogP contribution in [0.5, 0.6) is 0 Å². The molecule has 7 heteroatoms. The molecule has 0 aliphatic heterocycles. The molecular weight excluding hydrogens is 244 g/mol. The van der Waals surface area contributed by atoms with Gasteiger partial charge in [-0.3, -0.25) is 9.59 Å². The van der Waals surface area contributed by atoms with Crippen LogP contribution >= 0.6 is 12.6 Å². The van der Waals surface area contributed by atoms with E-state index in [1.807, 2.05) is 13.8 Å². The molecule has 6 nitrogen and oxygen atoms in total. The summed E-state index contributed by atoms with van der Waals surface area (Å²) in [6.07, 6.45) is 1.24. The van der Waals surface area contributed by atoms with Crippen LogP contribution in [0.4, 0.5) is 0 Å². The van der Waals surface area contributed by atoms with Gasteiger partial charge < -0.3 is 21.7 Å².